The summed E-state index contributed by atoms with van der Waals surface area (Å²) in [5, 5.41) is 12.1. The number of nitrogens with zero attached hydrogens (tertiary/aromatic N) is 3. The van der Waals surface area contributed by atoms with Gasteiger partial charge in [0.2, 0.25) is 0 Å². The molecule has 0 radical (unpaired) electrons. The molecule has 3 aromatic rings. The van der Waals surface area contributed by atoms with Crippen LogP contribution in [0.1, 0.15) is 11.3 Å². The number of aromatic nitrogens is 3. The fourth-order valence-electron chi connectivity index (χ4n) is 2.06. The number of para-hydroxylation sites is 1. The summed E-state index contributed by atoms with van der Waals surface area (Å²) in [6.45, 7) is 2.05. The number of aliphatic hydroxyl groups is 1. The lowest BCUT2D eigenvalue weighted by molar-refractivity contribution is 0.271. The minimum atomic E-state index is -0.00576. The molecule has 0 saturated heterocycles. The van der Waals surface area contributed by atoms with Gasteiger partial charge in [-0.2, -0.15) is 0 Å². The Kier molecular flexibility index (Phi) is 3.46. The monoisotopic (exact) mass is 285 g/mol. The highest BCUT2D eigenvalue weighted by Gasteiger charge is 2.11. The molecule has 0 unspecified atom stereocenters. The summed E-state index contributed by atoms with van der Waals surface area (Å²) < 4.78 is 1.89. The van der Waals surface area contributed by atoms with E-state index in [4.69, 9.17) is 4.98 Å². The van der Waals surface area contributed by atoms with E-state index in [9.17, 15) is 5.11 Å². The maximum atomic E-state index is 9.21. The molecule has 0 fully saturated rings. The van der Waals surface area contributed by atoms with Crippen molar-refractivity contribution in [2.24, 2.45) is 7.05 Å². The summed E-state index contributed by atoms with van der Waals surface area (Å²) in [6, 6.07) is 10.2. The zero-order valence-electron chi connectivity index (χ0n) is 11.4. The van der Waals surface area contributed by atoms with E-state index in [0.717, 1.165) is 32.3 Å². The van der Waals surface area contributed by atoms with Crippen molar-refractivity contribution in [1.29, 1.82) is 0 Å². The molecular weight excluding hydrogens is 270 g/mol. The molecule has 2 heterocycles. The van der Waals surface area contributed by atoms with Crippen molar-refractivity contribution in [2.75, 3.05) is 0 Å². The van der Waals surface area contributed by atoms with E-state index in [0.29, 0.717) is 0 Å². The van der Waals surface area contributed by atoms with Gasteiger partial charge in [-0.1, -0.05) is 18.2 Å². The largest absolute Gasteiger partial charge is 0.390 e. The van der Waals surface area contributed by atoms with Crippen molar-refractivity contribution in [2.45, 2.75) is 23.7 Å². The van der Waals surface area contributed by atoms with E-state index in [1.165, 1.54) is 11.8 Å². The minimum Gasteiger partial charge on any atom is -0.390 e. The van der Waals surface area contributed by atoms with Gasteiger partial charge < -0.3 is 9.67 Å². The van der Waals surface area contributed by atoms with Crippen molar-refractivity contribution < 1.29 is 5.11 Å². The van der Waals surface area contributed by atoms with Crippen molar-refractivity contribution in [1.82, 2.24) is 14.5 Å². The Balaban J connectivity index is 2.01. The van der Waals surface area contributed by atoms with E-state index >= 15 is 0 Å². The lowest BCUT2D eigenvalue weighted by Gasteiger charge is -2.07. The fraction of sp³-hybridized carbons (Fsp3) is 0.200. The number of imidazole rings is 1. The van der Waals surface area contributed by atoms with E-state index < -0.39 is 0 Å². The van der Waals surface area contributed by atoms with Gasteiger partial charge in [-0.05, 0) is 36.4 Å². The van der Waals surface area contributed by atoms with Crippen molar-refractivity contribution in [3.05, 3.63) is 47.8 Å². The Labute approximate surface area is 121 Å². The molecule has 2 aromatic heterocycles. The van der Waals surface area contributed by atoms with Gasteiger partial charge in [0, 0.05) is 12.4 Å². The van der Waals surface area contributed by atoms with Gasteiger partial charge in [0.1, 0.15) is 5.03 Å². The number of rotatable bonds is 3. The molecular formula is C15H15N3OS. The SMILES string of the molecule is Cc1cc2ccccc2nc1Sc1ncc(CO)n1C. The van der Waals surface area contributed by atoms with E-state index in [2.05, 4.69) is 24.0 Å². The topological polar surface area (TPSA) is 50.9 Å². The number of hydrogen-bond acceptors (Lipinski definition) is 4. The smallest absolute Gasteiger partial charge is 0.174 e. The first-order valence-corrected chi connectivity index (χ1v) is 7.16. The molecule has 1 N–H and O–H groups in total. The quantitative estimate of drug-likeness (QED) is 0.804. The predicted octanol–water partition coefficient (Wildman–Crippen LogP) is 2.92. The molecule has 1 aromatic carbocycles. The summed E-state index contributed by atoms with van der Waals surface area (Å²) in [5.41, 5.74) is 2.91. The molecule has 0 aliphatic carbocycles. The summed E-state index contributed by atoms with van der Waals surface area (Å²) in [5.74, 6) is 0. The van der Waals surface area contributed by atoms with Gasteiger partial charge in [0.15, 0.2) is 5.16 Å². The fourth-order valence-corrected chi connectivity index (χ4v) is 2.96. The number of benzene rings is 1. The Bertz CT molecular complexity index is 767. The number of fused-ring (bicyclic) bond motifs is 1. The van der Waals surface area contributed by atoms with Crippen LogP contribution in [0.2, 0.25) is 0 Å². The van der Waals surface area contributed by atoms with Crippen LogP contribution in [0.5, 0.6) is 0 Å². The average Bonchev–Trinajstić information content (AvgIpc) is 2.80. The van der Waals surface area contributed by atoms with Gasteiger partial charge in [-0.3, -0.25) is 0 Å². The molecule has 0 spiro atoms. The minimum absolute atomic E-state index is 0.00576. The molecule has 102 valence electrons. The average molecular weight is 285 g/mol. The Morgan fingerprint density at radius 2 is 2.10 bits per heavy atom. The van der Waals surface area contributed by atoms with Crippen LogP contribution in [-0.2, 0) is 13.7 Å². The molecule has 0 atom stereocenters. The first-order chi connectivity index (χ1) is 9.69. The molecule has 0 aliphatic heterocycles. The zero-order valence-corrected chi connectivity index (χ0v) is 12.2. The Hall–Kier alpha value is -1.85. The van der Waals surface area contributed by atoms with Crippen molar-refractivity contribution in [3.8, 4) is 0 Å². The van der Waals surface area contributed by atoms with Crippen LogP contribution in [0, 0.1) is 6.92 Å². The summed E-state index contributed by atoms with van der Waals surface area (Å²) in [6.07, 6.45) is 1.69. The Morgan fingerprint density at radius 3 is 2.85 bits per heavy atom. The molecule has 5 heteroatoms. The first-order valence-electron chi connectivity index (χ1n) is 6.34. The highest BCUT2D eigenvalue weighted by atomic mass is 32.2. The van der Waals surface area contributed by atoms with Crippen LogP contribution in [0.4, 0.5) is 0 Å². The predicted molar refractivity (Wildman–Crippen MR) is 79.7 cm³/mol. The molecule has 0 bridgehead atoms. The van der Waals surface area contributed by atoms with Crippen LogP contribution >= 0.6 is 11.8 Å². The maximum Gasteiger partial charge on any atom is 0.174 e. The van der Waals surface area contributed by atoms with Crippen molar-refractivity contribution >= 4 is 22.7 Å². The zero-order chi connectivity index (χ0) is 14.1. The third-order valence-electron chi connectivity index (χ3n) is 3.26. The van der Waals surface area contributed by atoms with Crippen molar-refractivity contribution in [3.63, 3.8) is 0 Å². The third kappa shape index (κ3) is 2.30. The number of aliphatic hydroxyl groups excluding tert-OH is 1. The maximum absolute atomic E-state index is 9.21. The molecule has 20 heavy (non-hydrogen) atoms. The van der Waals surface area contributed by atoms with Crippen LogP contribution in [0.25, 0.3) is 10.9 Å². The lowest BCUT2D eigenvalue weighted by atomic mass is 10.2. The van der Waals surface area contributed by atoms with Crippen LogP contribution in [0.15, 0.2) is 46.7 Å². The number of aryl methyl sites for hydroxylation is 1. The highest BCUT2D eigenvalue weighted by molar-refractivity contribution is 7.99. The van der Waals surface area contributed by atoms with Crippen LogP contribution in [0.3, 0.4) is 0 Å². The highest BCUT2D eigenvalue weighted by Crippen LogP contribution is 2.30. The number of hydrogen-bond donors (Lipinski definition) is 1. The Morgan fingerprint density at radius 1 is 1.30 bits per heavy atom. The second-order valence-corrected chi connectivity index (χ2v) is 5.61. The van der Waals surface area contributed by atoms with Crippen LogP contribution in [-0.4, -0.2) is 19.6 Å². The normalized spacial score (nSPS) is 11.2. The van der Waals surface area contributed by atoms with Gasteiger partial charge >= 0.3 is 0 Å². The molecule has 4 nitrogen and oxygen atoms in total. The standard InChI is InChI=1S/C15H15N3OS/c1-10-7-11-5-3-4-6-13(11)17-14(10)20-15-16-8-12(9-19)18(15)2/h3-8,19H,9H2,1-2H3. The second-order valence-electron chi connectivity index (χ2n) is 4.65. The summed E-state index contributed by atoms with van der Waals surface area (Å²) >= 11 is 1.52. The lowest BCUT2D eigenvalue weighted by Crippen LogP contribution is -1.98. The second kappa shape index (κ2) is 5.26. The summed E-state index contributed by atoms with van der Waals surface area (Å²) in [7, 11) is 1.90. The van der Waals surface area contributed by atoms with E-state index in [-0.39, 0.29) is 6.61 Å². The molecule has 0 amide bonds. The summed E-state index contributed by atoms with van der Waals surface area (Å²) in [4.78, 5) is 9.02. The molecule has 3 rings (SSSR count). The first kappa shape index (κ1) is 13.1. The molecule has 0 saturated carbocycles. The van der Waals surface area contributed by atoms with Gasteiger partial charge in [0.25, 0.3) is 0 Å². The third-order valence-corrected chi connectivity index (χ3v) is 4.43. The van der Waals surface area contributed by atoms with E-state index in [1.54, 1.807) is 6.20 Å². The van der Waals surface area contributed by atoms with Crippen LogP contribution < -0.4 is 0 Å². The van der Waals surface area contributed by atoms with Gasteiger partial charge in [0.05, 0.1) is 24.0 Å². The molecule has 0 aliphatic rings. The number of pyridine rings is 1. The van der Waals surface area contributed by atoms with Gasteiger partial charge in [-0.25, -0.2) is 9.97 Å². The van der Waals surface area contributed by atoms with E-state index in [1.807, 2.05) is 29.8 Å². The van der Waals surface area contributed by atoms with Gasteiger partial charge in [-0.15, -0.1) is 0 Å².